The number of aromatic carboxylic acids is 1. The van der Waals surface area contributed by atoms with Crippen LogP contribution in [0.3, 0.4) is 0 Å². The second kappa shape index (κ2) is 4.29. The van der Waals surface area contributed by atoms with E-state index in [-0.39, 0.29) is 17.5 Å². The lowest BCUT2D eigenvalue weighted by atomic mass is 9.96. The SMILES string of the molecule is O=C(O)c1cc2ccccc2nc1OC1CCC1. The molecule has 92 valence electrons. The number of ether oxygens (including phenoxy) is 1. The molecule has 0 radical (unpaired) electrons. The first-order chi connectivity index (χ1) is 8.74. The zero-order valence-electron chi connectivity index (χ0n) is 9.80. The Balaban J connectivity index is 2.07. The maximum Gasteiger partial charge on any atom is 0.341 e. The zero-order chi connectivity index (χ0) is 12.5. The number of pyridine rings is 1. The fraction of sp³-hybridized carbons (Fsp3) is 0.286. The van der Waals surface area contributed by atoms with Crippen molar-refractivity contribution in [3.05, 3.63) is 35.9 Å². The van der Waals surface area contributed by atoms with Crippen molar-refractivity contribution in [1.82, 2.24) is 4.98 Å². The number of carboxylic acid groups (broad SMARTS) is 1. The average molecular weight is 243 g/mol. The van der Waals surface area contributed by atoms with Gasteiger partial charge in [-0.2, -0.15) is 0 Å². The van der Waals surface area contributed by atoms with Gasteiger partial charge in [0, 0.05) is 5.39 Å². The average Bonchev–Trinajstić information content (AvgIpc) is 2.32. The largest absolute Gasteiger partial charge is 0.477 e. The van der Waals surface area contributed by atoms with Crippen LogP contribution in [-0.2, 0) is 0 Å². The normalized spacial score (nSPS) is 15.3. The minimum atomic E-state index is -0.998. The molecule has 1 N–H and O–H groups in total. The van der Waals surface area contributed by atoms with Gasteiger partial charge in [-0.15, -0.1) is 0 Å². The van der Waals surface area contributed by atoms with E-state index in [0.29, 0.717) is 0 Å². The molecule has 3 rings (SSSR count). The Labute approximate surface area is 104 Å². The summed E-state index contributed by atoms with van der Waals surface area (Å²) in [6.45, 7) is 0. The summed E-state index contributed by atoms with van der Waals surface area (Å²) in [4.78, 5) is 15.5. The summed E-state index contributed by atoms with van der Waals surface area (Å²) in [7, 11) is 0. The molecule has 0 aliphatic heterocycles. The molecule has 0 unspecified atom stereocenters. The number of hydrogen-bond donors (Lipinski definition) is 1. The summed E-state index contributed by atoms with van der Waals surface area (Å²) in [6.07, 6.45) is 3.22. The van der Waals surface area contributed by atoms with E-state index < -0.39 is 5.97 Å². The number of carbonyl (C=O) groups is 1. The van der Waals surface area contributed by atoms with Crippen molar-refractivity contribution in [3.8, 4) is 5.88 Å². The van der Waals surface area contributed by atoms with Crippen LogP contribution in [0.25, 0.3) is 10.9 Å². The minimum absolute atomic E-state index is 0.122. The predicted octanol–water partition coefficient (Wildman–Crippen LogP) is 2.86. The number of rotatable bonds is 3. The van der Waals surface area contributed by atoms with Crippen molar-refractivity contribution >= 4 is 16.9 Å². The molecule has 1 heterocycles. The van der Waals surface area contributed by atoms with Crippen molar-refractivity contribution in [2.24, 2.45) is 0 Å². The molecule has 1 fully saturated rings. The van der Waals surface area contributed by atoms with Gasteiger partial charge < -0.3 is 9.84 Å². The standard InChI is InChI=1S/C14H13NO3/c16-14(17)11-8-9-4-1-2-7-12(9)15-13(11)18-10-5-3-6-10/h1-2,4,7-8,10H,3,5-6H2,(H,16,17). The van der Waals surface area contributed by atoms with Gasteiger partial charge in [-0.25, -0.2) is 9.78 Å². The highest BCUT2D eigenvalue weighted by Crippen LogP contribution is 2.28. The van der Waals surface area contributed by atoms with Crippen LogP contribution in [0.4, 0.5) is 0 Å². The molecule has 1 saturated carbocycles. The van der Waals surface area contributed by atoms with Crippen molar-refractivity contribution in [2.45, 2.75) is 25.4 Å². The maximum atomic E-state index is 11.2. The fourth-order valence-corrected chi connectivity index (χ4v) is 1.99. The van der Waals surface area contributed by atoms with E-state index in [9.17, 15) is 9.90 Å². The number of fused-ring (bicyclic) bond motifs is 1. The van der Waals surface area contributed by atoms with E-state index in [1.54, 1.807) is 6.07 Å². The van der Waals surface area contributed by atoms with Crippen LogP contribution >= 0.6 is 0 Å². The molecule has 1 aliphatic carbocycles. The van der Waals surface area contributed by atoms with E-state index in [1.807, 2.05) is 24.3 Å². The van der Waals surface area contributed by atoms with Crippen molar-refractivity contribution < 1.29 is 14.6 Å². The van der Waals surface area contributed by atoms with Crippen LogP contribution in [-0.4, -0.2) is 22.2 Å². The summed E-state index contributed by atoms with van der Waals surface area (Å²) in [5.74, 6) is -0.756. The number of para-hydroxylation sites is 1. The molecule has 2 aromatic rings. The Hall–Kier alpha value is -2.10. The molecule has 18 heavy (non-hydrogen) atoms. The first kappa shape index (κ1) is 11.0. The van der Waals surface area contributed by atoms with E-state index in [1.165, 1.54) is 0 Å². The zero-order valence-corrected chi connectivity index (χ0v) is 9.80. The molecule has 0 saturated heterocycles. The molecule has 0 bridgehead atoms. The Morgan fingerprint density at radius 1 is 1.33 bits per heavy atom. The third-order valence-corrected chi connectivity index (χ3v) is 3.25. The van der Waals surface area contributed by atoms with Gasteiger partial charge in [0.15, 0.2) is 0 Å². The molecular weight excluding hydrogens is 230 g/mol. The van der Waals surface area contributed by atoms with Crippen LogP contribution in [0, 0.1) is 0 Å². The Kier molecular flexibility index (Phi) is 2.63. The third kappa shape index (κ3) is 1.90. The van der Waals surface area contributed by atoms with Crippen LogP contribution < -0.4 is 4.74 Å². The molecular formula is C14H13NO3. The molecule has 0 spiro atoms. The Bertz CT molecular complexity index is 605. The molecule has 1 aromatic heterocycles. The number of benzene rings is 1. The van der Waals surface area contributed by atoms with Crippen LogP contribution in [0.15, 0.2) is 30.3 Å². The van der Waals surface area contributed by atoms with E-state index in [4.69, 9.17) is 4.74 Å². The Morgan fingerprint density at radius 2 is 2.11 bits per heavy atom. The summed E-state index contributed by atoms with van der Waals surface area (Å²) in [5.41, 5.74) is 0.900. The lowest BCUT2D eigenvalue weighted by molar-refractivity contribution is 0.0676. The fourth-order valence-electron chi connectivity index (χ4n) is 1.99. The highest BCUT2D eigenvalue weighted by atomic mass is 16.5. The quantitative estimate of drug-likeness (QED) is 0.900. The Morgan fingerprint density at radius 3 is 2.78 bits per heavy atom. The topological polar surface area (TPSA) is 59.4 Å². The van der Waals surface area contributed by atoms with Crippen molar-refractivity contribution in [1.29, 1.82) is 0 Å². The van der Waals surface area contributed by atoms with Crippen LogP contribution in [0.5, 0.6) is 5.88 Å². The van der Waals surface area contributed by atoms with Gasteiger partial charge in [0.25, 0.3) is 0 Å². The number of carboxylic acids is 1. The second-order valence-corrected chi connectivity index (χ2v) is 4.51. The van der Waals surface area contributed by atoms with E-state index in [0.717, 1.165) is 30.2 Å². The highest BCUT2D eigenvalue weighted by Gasteiger charge is 2.23. The van der Waals surface area contributed by atoms with Crippen molar-refractivity contribution in [3.63, 3.8) is 0 Å². The van der Waals surface area contributed by atoms with Gasteiger partial charge >= 0.3 is 5.97 Å². The molecule has 0 atom stereocenters. The monoisotopic (exact) mass is 243 g/mol. The first-order valence-electron chi connectivity index (χ1n) is 6.04. The van der Waals surface area contributed by atoms with Gasteiger partial charge in [0.2, 0.25) is 5.88 Å². The molecule has 4 nitrogen and oxygen atoms in total. The predicted molar refractivity (Wildman–Crippen MR) is 67.0 cm³/mol. The molecule has 1 aliphatic rings. The van der Waals surface area contributed by atoms with Gasteiger partial charge in [-0.05, 0) is 31.4 Å². The molecule has 0 amide bonds. The summed E-state index contributed by atoms with van der Waals surface area (Å²) in [6, 6.07) is 9.07. The third-order valence-electron chi connectivity index (χ3n) is 3.25. The van der Waals surface area contributed by atoms with E-state index >= 15 is 0 Å². The smallest absolute Gasteiger partial charge is 0.341 e. The number of aromatic nitrogens is 1. The van der Waals surface area contributed by atoms with Crippen LogP contribution in [0.1, 0.15) is 29.6 Å². The minimum Gasteiger partial charge on any atom is -0.477 e. The van der Waals surface area contributed by atoms with Crippen LogP contribution in [0.2, 0.25) is 0 Å². The summed E-state index contributed by atoms with van der Waals surface area (Å²) < 4.78 is 5.66. The van der Waals surface area contributed by atoms with Crippen molar-refractivity contribution in [2.75, 3.05) is 0 Å². The molecule has 4 heteroatoms. The summed E-state index contributed by atoms with van der Waals surface area (Å²) in [5, 5.41) is 10.0. The first-order valence-corrected chi connectivity index (χ1v) is 6.04. The number of nitrogens with zero attached hydrogens (tertiary/aromatic N) is 1. The highest BCUT2D eigenvalue weighted by molar-refractivity contribution is 5.95. The lowest BCUT2D eigenvalue weighted by Gasteiger charge is -2.26. The van der Waals surface area contributed by atoms with E-state index in [2.05, 4.69) is 4.98 Å². The van der Waals surface area contributed by atoms with Gasteiger partial charge in [0.1, 0.15) is 11.7 Å². The van der Waals surface area contributed by atoms with Gasteiger partial charge in [-0.3, -0.25) is 0 Å². The lowest BCUT2D eigenvalue weighted by Crippen LogP contribution is -2.26. The molecule has 1 aromatic carbocycles. The second-order valence-electron chi connectivity index (χ2n) is 4.51. The summed E-state index contributed by atoms with van der Waals surface area (Å²) >= 11 is 0. The maximum absolute atomic E-state index is 11.2. The van der Waals surface area contributed by atoms with Gasteiger partial charge in [0.05, 0.1) is 5.52 Å². The number of hydrogen-bond acceptors (Lipinski definition) is 3. The van der Waals surface area contributed by atoms with Gasteiger partial charge in [-0.1, -0.05) is 18.2 Å².